The molecule has 13 heavy (non-hydrogen) atoms. The lowest BCUT2D eigenvalue weighted by Gasteiger charge is -2.34. The van der Waals surface area contributed by atoms with E-state index >= 15 is 0 Å². The summed E-state index contributed by atoms with van der Waals surface area (Å²) in [5.74, 6) is -1.19. The minimum Gasteiger partial charge on any atom is -0.479 e. The topological polar surface area (TPSA) is 66.8 Å². The average Bonchev–Trinajstić information content (AvgIpc) is 2.03. The van der Waals surface area contributed by atoms with Crippen molar-refractivity contribution in [2.45, 2.75) is 31.7 Å². The van der Waals surface area contributed by atoms with Gasteiger partial charge in [-0.15, -0.1) is 6.58 Å². The lowest BCUT2D eigenvalue weighted by molar-refractivity contribution is -0.170. The maximum absolute atomic E-state index is 10.6. The SMILES string of the molecule is C=CC1C(C)O[C@H](C(=O)O)C[C@@H]1O. The molecule has 0 amide bonds. The number of carbonyl (C=O) groups is 1. The summed E-state index contributed by atoms with van der Waals surface area (Å²) in [4.78, 5) is 10.6. The number of hydrogen-bond acceptors (Lipinski definition) is 3. The van der Waals surface area contributed by atoms with Gasteiger partial charge in [-0.05, 0) is 6.92 Å². The van der Waals surface area contributed by atoms with Crippen LogP contribution in [0.4, 0.5) is 0 Å². The van der Waals surface area contributed by atoms with E-state index in [-0.39, 0.29) is 18.4 Å². The van der Waals surface area contributed by atoms with E-state index in [9.17, 15) is 9.90 Å². The van der Waals surface area contributed by atoms with Gasteiger partial charge in [-0.1, -0.05) is 6.08 Å². The van der Waals surface area contributed by atoms with Crippen LogP contribution >= 0.6 is 0 Å². The van der Waals surface area contributed by atoms with Crippen LogP contribution in [0.15, 0.2) is 12.7 Å². The van der Waals surface area contributed by atoms with Gasteiger partial charge >= 0.3 is 5.97 Å². The number of rotatable bonds is 2. The van der Waals surface area contributed by atoms with E-state index in [4.69, 9.17) is 9.84 Å². The Hall–Kier alpha value is -0.870. The van der Waals surface area contributed by atoms with Crippen LogP contribution < -0.4 is 0 Å². The van der Waals surface area contributed by atoms with Crippen molar-refractivity contribution in [2.24, 2.45) is 5.92 Å². The third kappa shape index (κ3) is 2.08. The zero-order valence-corrected chi connectivity index (χ0v) is 7.51. The summed E-state index contributed by atoms with van der Waals surface area (Å²) in [6, 6.07) is 0. The van der Waals surface area contributed by atoms with Crippen molar-refractivity contribution in [3.63, 3.8) is 0 Å². The van der Waals surface area contributed by atoms with E-state index in [0.717, 1.165) is 0 Å². The fourth-order valence-electron chi connectivity index (χ4n) is 1.60. The summed E-state index contributed by atoms with van der Waals surface area (Å²) in [6.07, 6.45) is -0.102. The summed E-state index contributed by atoms with van der Waals surface area (Å²) in [5, 5.41) is 18.2. The molecule has 4 atom stereocenters. The van der Waals surface area contributed by atoms with Gasteiger partial charge in [0.15, 0.2) is 6.10 Å². The number of aliphatic carboxylic acids is 1. The molecular weight excluding hydrogens is 172 g/mol. The van der Waals surface area contributed by atoms with Crippen molar-refractivity contribution in [2.75, 3.05) is 0 Å². The highest BCUT2D eigenvalue weighted by molar-refractivity contribution is 5.72. The molecule has 1 aliphatic heterocycles. The van der Waals surface area contributed by atoms with Gasteiger partial charge in [0, 0.05) is 12.3 Å². The predicted molar refractivity (Wildman–Crippen MR) is 46.3 cm³/mol. The summed E-state index contributed by atoms with van der Waals surface area (Å²) in [7, 11) is 0. The van der Waals surface area contributed by atoms with Crippen LogP contribution in [0.25, 0.3) is 0 Å². The van der Waals surface area contributed by atoms with Crippen LogP contribution in [0.2, 0.25) is 0 Å². The highest BCUT2D eigenvalue weighted by Crippen LogP contribution is 2.26. The first-order valence-electron chi connectivity index (χ1n) is 4.25. The Morgan fingerprint density at radius 3 is 2.69 bits per heavy atom. The van der Waals surface area contributed by atoms with Crippen LogP contribution in [0.3, 0.4) is 0 Å². The molecule has 74 valence electrons. The quantitative estimate of drug-likeness (QED) is 0.613. The maximum Gasteiger partial charge on any atom is 0.332 e. The highest BCUT2D eigenvalue weighted by Gasteiger charge is 2.36. The van der Waals surface area contributed by atoms with Crippen molar-refractivity contribution < 1.29 is 19.7 Å². The Bertz CT molecular complexity index is 202. The van der Waals surface area contributed by atoms with E-state index < -0.39 is 18.2 Å². The number of hydrogen-bond donors (Lipinski definition) is 2. The molecule has 1 saturated heterocycles. The molecule has 0 aromatic carbocycles. The zero-order valence-electron chi connectivity index (χ0n) is 7.51. The first kappa shape index (κ1) is 10.2. The van der Waals surface area contributed by atoms with Crippen molar-refractivity contribution >= 4 is 5.97 Å². The molecule has 0 radical (unpaired) electrons. The molecule has 4 heteroatoms. The van der Waals surface area contributed by atoms with Gasteiger partial charge in [0.05, 0.1) is 12.2 Å². The summed E-state index contributed by atoms with van der Waals surface area (Å²) >= 11 is 0. The molecule has 1 rings (SSSR count). The standard InChI is InChI=1S/C9H14O4/c1-3-6-5(2)13-8(9(11)12)4-7(6)10/h3,5-8,10H,1,4H2,2H3,(H,11,12)/t5?,6?,7-,8-/m0/s1. The molecule has 2 unspecified atom stereocenters. The van der Waals surface area contributed by atoms with E-state index in [1.54, 1.807) is 13.0 Å². The molecule has 1 fully saturated rings. The largest absolute Gasteiger partial charge is 0.479 e. The normalized spacial score (nSPS) is 39.8. The Morgan fingerprint density at radius 1 is 1.69 bits per heavy atom. The van der Waals surface area contributed by atoms with Crippen LogP contribution in [0, 0.1) is 5.92 Å². The third-order valence-electron chi connectivity index (χ3n) is 2.37. The summed E-state index contributed by atoms with van der Waals surface area (Å²) in [6.45, 7) is 5.31. The second-order valence-electron chi connectivity index (χ2n) is 3.28. The molecule has 0 aromatic rings. The lowest BCUT2D eigenvalue weighted by Crippen LogP contribution is -2.44. The van der Waals surface area contributed by atoms with Gasteiger partial charge < -0.3 is 14.9 Å². The molecule has 0 spiro atoms. The molecule has 0 aliphatic carbocycles. The second kappa shape index (κ2) is 3.89. The van der Waals surface area contributed by atoms with E-state index in [2.05, 4.69) is 6.58 Å². The fourth-order valence-corrected chi connectivity index (χ4v) is 1.60. The third-order valence-corrected chi connectivity index (χ3v) is 2.37. The Balaban J connectivity index is 2.66. The van der Waals surface area contributed by atoms with E-state index in [1.165, 1.54) is 0 Å². The summed E-state index contributed by atoms with van der Waals surface area (Å²) < 4.78 is 5.19. The number of aliphatic hydroxyl groups excluding tert-OH is 1. The smallest absolute Gasteiger partial charge is 0.332 e. The van der Waals surface area contributed by atoms with Crippen LogP contribution in [-0.4, -0.2) is 34.5 Å². The summed E-state index contributed by atoms with van der Waals surface area (Å²) in [5.41, 5.74) is 0. The molecular formula is C9H14O4. The van der Waals surface area contributed by atoms with Crippen molar-refractivity contribution in [3.8, 4) is 0 Å². The van der Waals surface area contributed by atoms with Crippen molar-refractivity contribution in [1.29, 1.82) is 0 Å². The Labute approximate surface area is 76.8 Å². The molecule has 0 aromatic heterocycles. The van der Waals surface area contributed by atoms with Gasteiger partial charge in [-0.3, -0.25) is 0 Å². The van der Waals surface area contributed by atoms with Gasteiger partial charge in [-0.25, -0.2) is 4.79 Å². The minimum absolute atomic E-state index is 0.135. The van der Waals surface area contributed by atoms with Gasteiger partial charge in [0.1, 0.15) is 0 Å². The molecule has 4 nitrogen and oxygen atoms in total. The average molecular weight is 186 g/mol. The first-order chi connectivity index (χ1) is 6.06. The van der Waals surface area contributed by atoms with Crippen molar-refractivity contribution in [3.05, 3.63) is 12.7 Å². The monoisotopic (exact) mass is 186 g/mol. The van der Waals surface area contributed by atoms with Gasteiger partial charge in [0.25, 0.3) is 0 Å². The fraction of sp³-hybridized carbons (Fsp3) is 0.667. The van der Waals surface area contributed by atoms with Crippen LogP contribution in [0.1, 0.15) is 13.3 Å². The predicted octanol–water partition coefficient (Wildman–Crippen LogP) is 0.411. The van der Waals surface area contributed by atoms with Crippen LogP contribution in [-0.2, 0) is 9.53 Å². The number of carboxylic acid groups (broad SMARTS) is 1. The molecule has 1 heterocycles. The van der Waals surface area contributed by atoms with Gasteiger partial charge in [0.2, 0.25) is 0 Å². The van der Waals surface area contributed by atoms with E-state index in [0.29, 0.717) is 0 Å². The Kier molecular flexibility index (Phi) is 3.06. The zero-order chi connectivity index (χ0) is 10.0. The maximum atomic E-state index is 10.6. The minimum atomic E-state index is -1.02. The lowest BCUT2D eigenvalue weighted by atomic mass is 9.89. The number of ether oxygens (including phenoxy) is 1. The van der Waals surface area contributed by atoms with E-state index in [1.807, 2.05) is 0 Å². The molecule has 2 N–H and O–H groups in total. The van der Waals surface area contributed by atoms with Crippen molar-refractivity contribution in [1.82, 2.24) is 0 Å². The number of aliphatic hydroxyl groups is 1. The Morgan fingerprint density at radius 2 is 2.31 bits per heavy atom. The van der Waals surface area contributed by atoms with Gasteiger partial charge in [-0.2, -0.15) is 0 Å². The van der Waals surface area contributed by atoms with Crippen LogP contribution in [0.5, 0.6) is 0 Å². The number of carboxylic acids is 1. The molecule has 1 aliphatic rings. The molecule has 0 saturated carbocycles. The highest BCUT2D eigenvalue weighted by atomic mass is 16.5. The first-order valence-corrected chi connectivity index (χ1v) is 4.25. The second-order valence-corrected chi connectivity index (χ2v) is 3.28. The molecule has 0 bridgehead atoms.